The van der Waals surface area contributed by atoms with E-state index in [-0.39, 0.29) is 5.39 Å². The van der Waals surface area contributed by atoms with Gasteiger partial charge in [0.1, 0.15) is 0 Å². The fraction of sp³-hybridized carbons (Fsp3) is 0. The fourth-order valence-electron chi connectivity index (χ4n) is 1.99. The molecule has 0 spiro atoms. The van der Waals surface area contributed by atoms with Gasteiger partial charge in [-0.2, -0.15) is 0 Å². The summed E-state index contributed by atoms with van der Waals surface area (Å²) in [6.45, 7) is 0. The van der Waals surface area contributed by atoms with Crippen LogP contribution in [0.2, 0.25) is 0 Å². The van der Waals surface area contributed by atoms with Gasteiger partial charge in [-0.1, -0.05) is 24.3 Å². The third kappa shape index (κ3) is 1.46. The third-order valence-corrected chi connectivity index (χ3v) is 2.84. The van der Waals surface area contributed by atoms with E-state index in [0.717, 1.165) is 16.8 Å². The van der Waals surface area contributed by atoms with E-state index in [1.54, 1.807) is 12.1 Å². The smallest absolute Gasteiger partial charge is 0.195 e. The number of benzene rings is 3. The van der Waals surface area contributed by atoms with Crippen molar-refractivity contribution in [3.63, 3.8) is 0 Å². The van der Waals surface area contributed by atoms with E-state index in [9.17, 15) is 13.2 Å². The van der Waals surface area contributed by atoms with E-state index < -0.39 is 17.5 Å². The van der Waals surface area contributed by atoms with Crippen LogP contribution in [-0.4, -0.2) is 0 Å². The van der Waals surface area contributed by atoms with Crippen LogP contribution < -0.4 is 0 Å². The topological polar surface area (TPSA) is 0 Å². The van der Waals surface area contributed by atoms with Crippen LogP contribution >= 0.6 is 0 Å². The first-order valence-electron chi connectivity index (χ1n) is 5.13. The number of halogens is 3. The molecular formula is C14H7F3. The first-order chi connectivity index (χ1) is 8.16. The molecule has 17 heavy (non-hydrogen) atoms. The summed E-state index contributed by atoms with van der Waals surface area (Å²) >= 11 is 0. The quantitative estimate of drug-likeness (QED) is 0.398. The molecule has 0 aliphatic rings. The summed E-state index contributed by atoms with van der Waals surface area (Å²) in [7, 11) is 0. The van der Waals surface area contributed by atoms with Gasteiger partial charge in [0.2, 0.25) is 0 Å². The van der Waals surface area contributed by atoms with Crippen LogP contribution in [0.25, 0.3) is 21.5 Å². The van der Waals surface area contributed by atoms with Crippen molar-refractivity contribution in [2.75, 3.05) is 0 Å². The lowest BCUT2D eigenvalue weighted by molar-refractivity contribution is 0.453. The molecule has 0 unspecified atom stereocenters. The summed E-state index contributed by atoms with van der Waals surface area (Å²) in [5.74, 6) is -3.72. The van der Waals surface area contributed by atoms with Gasteiger partial charge >= 0.3 is 0 Å². The lowest BCUT2D eigenvalue weighted by Gasteiger charge is -2.04. The molecule has 3 heteroatoms. The number of rotatable bonds is 0. The van der Waals surface area contributed by atoms with Gasteiger partial charge in [0.05, 0.1) is 0 Å². The highest BCUT2D eigenvalue weighted by atomic mass is 19.2. The van der Waals surface area contributed by atoms with E-state index >= 15 is 0 Å². The molecule has 0 saturated carbocycles. The lowest BCUT2D eigenvalue weighted by atomic mass is 10.0. The molecule has 0 nitrogen and oxygen atoms in total. The number of fused-ring (bicyclic) bond motifs is 2. The second kappa shape index (κ2) is 3.48. The van der Waals surface area contributed by atoms with Gasteiger partial charge in [-0.3, -0.25) is 0 Å². The maximum Gasteiger partial charge on any atom is 0.195 e. The molecule has 0 aliphatic heterocycles. The first kappa shape index (κ1) is 10.1. The van der Waals surface area contributed by atoms with Crippen LogP contribution in [0, 0.1) is 17.5 Å². The molecular weight excluding hydrogens is 225 g/mol. The summed E-state index contributed by atoms with van der Waals surface area (Å²) in [6, 6.07) is 11.5. The Morgan fingerprint density at radius 3 is 2.00 bits per heavy atom. The zero-order valence-electron chi connectivity index (χ0n) is 8.68. The van der Waals surface area contributed by atoms with Crippen LogP contribution in [0.1, 0.15) is 0 Å². The van der Waals surface area contributed by atoms with Crippen molar-refractivity contribution >= 4 is 21.5 Å². The Morgan fingerprint density at radius 2 is 1.29 bits per heavy atom. The van der Waals surface area contributed by atoms with Gasteiger partial charge in [0.15, 0.2) is 17.5 Å². The molecule has 0 atom stereocenters. The minimum atomic E-state index is -1.42. The molecule has 0 aromatic heterocycles. The van der Waals surface area contributed by atoms with Crippen molar-refractivity contribution in [2.45, 2.75) is 0 Å². The number of hydrogen-bond acceptors (Lipinski definition) is 0. The summed E-state index contributed by atoms with van der Waals surface area (Å²) in [4.78, 5) is 0. The molecule has 0 saturated heterocycles. The predicted molar refractivity (Wildman–Crippen MR) is 61.3 cm³/mol. The molecule has 0 radical (unpaired) electrons. The van der Waals surface area contributed by atoms with Gasteiger partial charge in [0.25, 0.3) is 0 Å². The molecule has 3 aromatic rings. The Balaban J connectivity index is 2.52. The van der Waals surface area contributed by atoms with Crippen LogP contribution in [0.3, 0.4) is 0 Å². The Labute approximate surface area is 95.3 Å². The SMILES string of the molecule is Fc1cc2cc3ccccc3cc2c(F)c1F. The van der Waals surface area contributed by atoms with Gasteiger partial charge in [0, 0.05) is 5.39 Å². The van der Waals surface area contributed by atoms with E-state index in [1.807, 2.05) is 18.2 Å². The monoisotopic (exact) mass is 232 g/mol. The zero-order valence-corrected chi connectivity index (χ0v) is 8.68. The Bertz CT molecular complexity index is 732. The van der Waals surface area contributed by atoms with E-state index in [4.69, 9.17) is 0 Å². The molecule has 3 aromatic carbocycles. The summed E-state index contributed by atoms with van der Waals surface area (Å²) < 4.78 is 39.8. The van der Waals surface area contributed by atoms with Crippen molar-refractivity contribution in [1.29, 1.82) is 0 Å². The van der Waals surface area contributed by atoms with Gasteiger partial charge in [-0.05, 0) is 34.4 Å². The molecule has 0 fully saturated rings. The largest absolute Gasteiger partial charge is 0.204 e. The maximum atomic E-state index is 13.6. The van der Waals surface area contributed by atoms with E-state index in [0.29, 0.717) is 5.39 Å². The van der Waals surface area contributed by atoms with Crippen LogP contribution in [0.4, 0.5) is 13.2 Å². The highest BCUT2D eigenvalue weighted by Gasteiger charge is 2.13. The van der Waals surface area contributed by atoms with Crippen LogP contribution in [-0.2, 0) is 0 Å². The third-order valence-electron chi connectivity index (χ3n) is 2.84. The van der Waals surface area contributed by atoms with Crippen molar-refractivity contribution in [3.05, 3.63) is 59.9 Å². The average Bonchev–Trinajstić information content (AvgIpc) is 2.34. The van der Waals surface area contributed by atoms with Crippen molar-refractivity contribution in [3.8, 4) is 0 Å². The molecule has 84 valence electrons. The van der Waals surface area contributed by atoms with Gasteiger partial charge < -0.3 is 0 Å². The average molecular weight is 232 g/mol. The second-order valence-electron chi connectivity index (χ2n) is 3.91. The second-order valence-corrected chi connectivity index (χ2v) is 3.91. The summed E-state index contributed by atoms with van der Waals surface area (Å²) in [5.41, 5.74) is 0. The molecule has 0 N–H and O–H groups in total. The fourth-order valence-corrected chi connectivity index (χ4v) is 1.99. The van der Waals surface area contributed by atoms with Crippen molar-refractivity contribution in [1.82, 2.24) is 0 Å². The molecule has 3 rings (SSSR count). The summed E-state index contributed by atoms with van der Waals surface area (Å²) in [6.07, 6.45) is 0. The van der Waals surface area contributed by atoms with Crippen molar-refractivity contribution in [2.24, 2.45) is 0 Å². The molecule has 0 heterocycles. The number of hydrogen-bond donors (Lipinski definition) is 0. The first-order valence-corrected chi connectivity index (χ1v) is 5.13. The highest BCUT2D eigenvalue weighted by Crippen LogP contribution is 2.27. The lowest BCUT2D eigenvalue weighted by Crippen LogP contribution is -1.92. The maximum absolute atomic E-state index is 13.6. The standard InChI is InChI=1S/C14H7F3/c15-12-7-10-5-8-3-1-2-4-9(8)6-11(10)13(16)14(12)17/h1-7H. The Kier molecular flexibility index (Phi) is 2.08. The zero-order chi connectivity index (χ0) is 12.0. The minimum absolute atomic E-state index is 0.0996. The van der Waals surface area contributed by atoms with Crippen LogP contribution in [0.15, 0.2) is 42.5 Å². The Morgan fingerprint density at radius 1 is 0.647 bits per heavy atom. The molecule has 0 amide bonds. The predicted octanol–water partition coefficient (Wildman–Crippen LogP) is 4.41. The Hall–Kier alpha value is -2.03. The van der Waals surface area contributed by atoms with E-state index in [1.165, 1.54) is 6.07 Å². The highest BCUT2D eigenvalue weighted by molar-refractivity contribution is 5.98. The molecule has 0 aliphatic carbocycles. The van der Waals surface area contributed by atoms with Crippen LogP contribution in [0.5, 0.6) is 0 Å². The summed E-state index contributed by atoms with van der Waals surface area (Å²) in [5, 5.41) is 2.12. The minimum Gasteiger partial charge on any atom is -0.204 e. The van der Waals surface area contributed by atoms with E-state index in [2.05, 4.69) is 0 Å². The van der Waals surface area contributed by atoms with Gasteiger partial charge in [-0.25, -0.2) is 13.2 Å². The van der Waals surface area contributed by atoms with Crippen molar-refractivity contribution < 1.29 is 13.2 Å². The van der Waals surface area contributed by atoms with Gasteiger partial charge in [-0.15, -0.1) is 0 Å². The normalized spacial score (nSPS) is 11.2. The molecule has 0 bridgehead atoms.